The lowest BCUT2D eigenvalue weighted by molar-refractivity contribution is -0.137. The first-order valence-corrected chi connectivity index (χ1v) is 6.93. The molecule has 1 heterocycles. The fraction of sp³-hybridized carbons (Fsp3) is 0.533. The molecule has 0 bridgehead atoms. The number of carboxylic acid groups (broad SMARTS) is 1. The van der Waals surface area contributed by atoms with Crippen LogP contribution in [0.1, 0.15) is 26.2 Å². The zero-order chi connectivity index (χ0) is 13.7. The van der Waals surface area contributed by atoms with E-state index in [0.29, 0.717) is 12.5 Å². The summed E-state index contributed by atoms with van der Waals surface area (Å²) in [4.78, 5) is 13.1. The fourth-order valence-corrected chi connectivity index (χ4v) is 2.60. The third-order valence-corrected chi connectivity index (χ3v) is 3.74. The Balaban J connectivity index is 2.05. The highest BCUT2D eigenvalue weighted by Gasteiger charge is 2.23. The first kappa shape index (κ1) is 13.9. The van der Waals surface area contributed by atoms with E-state index in [0.717, 1.165) is 19.5 Å². The number of rotatable bonds is 4. The summed E-state index contributed by atoms with van der Waals surface area (Å²) in [7, 11) is 0. The van der Waals surface area contributed by atoms with Gasteiger partial charge in [0.2, 0.25) is 0 Å². The Morgan fingerprint density at radius 3 is 2.84 bits per heavy atom. The van der Waals surface area contributed by atoms with Gasteiger partial charge in [0, 0.05) is 30.7 Å². The second-order valence-corrected chi connectivity index (χ2v) is 5.21. The number of benzene rings is 1. The lowest BCUT2D eigenvalue weighted by Crippen LogP contribution is -2.40. The van der Waals surface area contributed by atoms with E-state index in [1.54, 1.807) is 0 Å². The topological polar surface area (TPSA) is 52.6 Å². The van der Waals surface area contributed by atoms with E-state index in [9.17, 15) is 4.79 Å². The van der Waals surface area contributed by atoms with Crippen LogP contribution >= 0.6 is 0 Å². The van der Waals surface area contributed by atoms with E-state index in [1.807, 2.05) is 18.2 Å². The molecule has 1 saturated heterocycles. The summed E-state index contributed by atoms with van der Waals surface area (Å²) in [5, 5.41) is 12.3. The summed E-state index contributed by atoms with van der Waals surface area (Å²) in [6, 6.07) is 11.1. The lowest BCUT2D eigenvalue weighted by Gasteiger charge is -2.31. The van der Waals surface area contributed by atoms with Gasteiger partial charge < -0.3 is 15.3 Å². The SMILES string of the molecule is CC1CCNC(CCC(=O)O)CN1c1ccccc1. The van der Waals surface area contributed by atoms with E-state index < -0.39 is 5.97 Å². The standard InChI is InChI=1S/C15H22N2O2/c1-12-9-10-16-13(7-8-15(18)19)11-17(12)14-5-3-2-4-6-14/h2-6,12-13,16H,7-11H2,1H3,(H,18,19). The molecule has 0 spiro atoms. The maximum Gasteiger partial charge on any atom is 0.303 e. The van der Waals surface area contributed by atoms with Gasteiger partial charge in [0.25, 0.3) is 0 Å². The van der Waals surface area contributed by atoms with Crippen LogP contribution in [0.3, 0.4) is 0 Å². The van der Waals surface area contributed by atoms with Crippen molar-refractivity contribution < 1.29 is 9.90 Å². The molecule has 0 aromatic heterocycles. The number of hydrogen-bond donors (Lipinski definition) is 2. The number of nitrogens with zero attached hydrogens (tertiary/aromatic N) is 1. The molecule has 1 aliphatic rings. The summed E-state index contributed by atoms with van der Waals surface area (Å²) in [5.74, 6) is -0.717. The Morgan fingerprint density at radius 1 is 1.42 bits per heavy atom. The lowest BCUT2D eigenvalue weighted by atomic mass is 10.1. The predicted octanol–water partition coefficient (Wildman–Crippen LogP) is 2.11. The summed E-state index contributed by atoms with van der Waals surface area (Å²) in [6.07, 6.45) is 2.00. The molecule has 0 radical (unpaired) electrons. The highest BCUT2D eigenvalue weighted by Crippen LogP contribution is 2.21. The molecule has 2 unspecified atom stereocenters. The van der Waals surface area contributed by atoms with Crippen LogP contribution in [0.15, 0.2) is 30.3 Å². The minimum absolute atomic E-state index is 0.231. The maximum absolute atomic E-state index is 10.7. The van der Waals surface area contributed by atoms with Crippen LogP contribution in [0, 0.1) is 0 Å². The van der Waals surface area contributed by atoms with Gasteiger partial charge in [-0.3, -0.25) is 4.79 Å². The largest absolute Gasteiger partial charge is 0.481 e. The van der Waals surface area contributed by atoms with Gasteiger partial charge >= 0.3 is 5.97 Å². The minimum Gasteiger partial charge on any atom is -0.481 e. The number of nitrogens with one attached hydrogen (secondary N) is 1. The smallest absolute Gasteiger partial charge is 0.303 e. The van der Waals surface area contributed by atoms with Crippen LogP contribution < -0.4 is 10.2 Å². The van der Waals surface area contributed by atoms with E-state index in [-0.39, 0.29) is 12.5 Å². The van der Waals surface area contributed by atoms with Crippen molar-refractivity contribution in [2.75, 3.05) is 18.0 Å². The van der Waals surface area contributed by atoms with Crippen molar-refractivity contribution in [1.29, 1.82) is 0 Å². The van der Waals surface area contributed by atoms with Crippen molar-refractivity contribution in [2.45, 2.75) is 38.3 Å². The monoisotopic (exact) mass is 262 g/mol. The summed E-state index contributed by atoms with van der Waals surface area (Å²) < 4.78 is 0. The van der Waals surface area contributed by atoms with Gasteiger partial charge in [-0.15, -0.1) is 0 Å². The van der Waals surface area contributed by atoms with E-state index in [1.165, 1.54) is 5.69 Å². The third kappa shape index (κ3) is 3.96. The molecule has 2 rings (SSSR count). The molecule has 4 heteroatoms. The highest BCUT2D eigenvalue weighted by atomic mass is 16.4. The average Bonchev–Trinajstić information content (AvgIpc) is 2.59. The normalized spacial score (nSPS) is 23.9. The number of para-hydroxylation sites is 1. The first-order chi connectivity index (χ1) is 9.16. The molecule has 0 amide bonds. The van der Waals surface area contributed by atoms with Gasteiger partial charge in [-0.1, -0.05) is 18.2 Å². The van der Waals surface area contributed by atoms with Crippen molar-refractivity contribution in [1.82, 2.24) is 5.32 Å². The zero-order valence-electron chi connectivity index (χ0n) is 11.4. The Bertz CT molecular complexity index is 408. The van der Waals surface area contributed by atoms with Crippen LogP contribution in [-0.4, -0.2) is 36.2 Å². The van der Waals surface area contributed by atoms with Crippen LogP contribution in [0.2, 0.25) is 0 Å². The predicted molar refractivity (Wildman–Crippen MR) is 76.5 cm³/mol. The van der Waals surface area contributed by atoms with Crippen LogP contribution in [0.25, 0.3) is 0 Å². The second kappa shape index (κ2) is 6.57. The van der Waals surface area contributed by atoms with Crippen molar-refractivity contribution in [3.63, 3.8) is 0 Å². The van der Waals surface area contributed by atoms with Crippen molar-refractivity contribution in [3.8, 4) is 0 Å². The van der Waals surface area contributed by atoms with Crippen molar-refractivity contribution >= 4 is 11.7 Å². The Labute approximate surface area is 114 Å². The van der Waals surface area contributed by atoms with Crippen molar-refractivity contribution in [3.05, 3.63) is 30.3 Å². The highest BCUT2D eigenvalue weighted by molar-refractivity contribution is 5.66. The third-order valence-electron chi connectivity index (χ3n) is 3.74. The molecule has 104 valence electrons. The van der Waals surface area contributed by atoms with Gasteiger partial charge in [0.15, 0.2) is 0 Å². The van der Waals surface area contributed by atoms with Gasteiger partial charge in [-0.25, -0.2) is 0 Å². The number of carbonyl (C=O) groups is 1. The van der Waals surface area contributed by atoms with E-state index in [4.69, 9.17) is 5.11 Å². The van der Waals surface area contributed by atoms with Gasteiger partial charge in [-0.2, -0.15) is 0 Å². The minimum atomic E-state index is -0.717. The van der Waals surface area contributed by atoms with Crippen LogP contribution in [0.5, 0.6) is 0 Å². The Kier molecular flexibility index (Phi) is 4.80. The molecule has 1 aliphatic heterocycles. The molecule has 0 saturated carbocycles. The maximum atomic E-state index is 10.7. The molecule has 1 fully saturated rings. The summed E-state index contributed by atoms with van der Waals surface area (Å²) >= 11 is 0. The molecule has 1 aromatic carbocycles. The van der Waals surface area contributed by atoms with Gasteiger partial charge in [0.1, 0.15) is 0 Å². The first-order valence-electron chi connectivity index (χ1n) is 6.93. The Hall–Kier alpha value is -1.55. The van der Waals surface area contributed by atoms with Crippen LogP contribution in [0.4, 0.5) is 5.69 Å². The Morgan fingerprint density at radius 2 is 2.16 bits per heavy atom. The summed E-state index contributed by atoms with van der Waals surface area (Å²) in [6.45, 7) is 4.06. The second-order valence-electron chi connectivity index (χ2n) is 5.21. The fourth-order valence-electron chi connectivity index (χ4n) is 2.60. The van der Waals surface area contributed by atoms with Gasteiger partial charge in [-0.05, 0) is 38.4 Å². The molecule has 0 aliphatic carbocycles. The molecular weight excluding hydrogens is 240 g/mol. The van der Waals surface area contributed by atoms with Gasteiger partial charge in [0.05, 0.1) is 0 Å². The van der Waals surface area contributed by atoms with E-state index in [2.05, 4.69) is 29.3 Å². The number of anilines is 1. The molecular formula is C15H22N2O2. The molecule has 19 heavy (non-hydrogen) atoms. The van der Waals surface area contributed by atoms with E-state index >= 15 is 0 Å². The molecule has 2 atom stereocenters. The van der Waals surface area contributed by atoms with Crippen molar-refractivity contribution in [2.24, 2.45) is 0 Å². The summed E-state index contributed by atoms with van der Waals surface area (Å²) in [5.41, 5.74) is 1.22. The van der Waals surface area contributed by atoms with Crippen LogP contribution in [-0.2, 0) is 4.79 Å². The number of carboxylic acids is 1. The molecule has 2 N–H and O–H groups in total. The molecule has 1 aromatic rings. The quantitative estimate of drug-likeness (QED) is 0.872. The zero-order valence-corrected chi connectivity index (χ0v) is 11.4. The number of aliphatic carboxylic acids is 1. The number of hydrogen-bond acceptors (Lipinski definition) is 3. The average molecular weight is 262 g/mol. The molecule has 4 nitrogen and oxygen atoms in total.